The molecule has 0 heterocycles. The highest BCUT2D eigenvalue weighted by Crippen LogP contribution is 2.54. The van der Waals surface area contributed by atoms with Gasteiger partial charge in [0, 0.05) is 5.41 Å². The standard InChI is InChI=1S/C18H26O/c1-13-10-14(2)12-15(11-13)17(19)18(8-9-18)16-6-4-3-5-7-16/h3-7,13-15,17,19H,8-12H2,1-2H3. The average Bonchev–Trinajstić information content (AvgIpc) is 3.19. The molecule has 1 N–H and O–H groups in total. The van der Waals surface area contributed by atoms with Crippen LogP contribution >= 0.6 is 0 Å². The Balaban J connectivity index is 1.78. The first-order chi connectivity index (χ1) is 9.12. The molecular formula is C18H26O. The highest BCUT2D eigenvalue weighted by atomic mass is 16.3. The van der Waals surface area contributed by atoms with E-state index in [1.54, 1.807) is 0 Å². The Morgan fingerprint density at radius 3 is 2.11 bits per heavy atom. The molecule has 0 aromatic heterocycles. The number of benzene rings is 1. The predicted molar refractivity (Wildman–Crippen MR) is 79.0 cm³/mol. The minimum atomic E-state index is -0.139. The molecule has 0 radical (unpaired) electrons. The summed E-state index contributed by atoms with van der Waals surface area (Å²) < 4.78 is 0. The Hall–Kier alpha value is -0.820. The van der Waals surface area contributed by atoms with E-state index in [2.05, 4.69) is 44.2 Å². The number of aliphatic hydroxyl groups excluding tert-OH is 1. The lowest BCUT2D eigenvalue weighted by atomic mass is 9.70. The second-order valence-corrected chi connectivity index (χ2v) is 7.14. The molecule has 1 heteroatoms. The van der Waals surface area contributed by atoms with Gasteiger partial charge in [0.1, 0.15) is 0 Å². The van der Waals surface area contributed by atoms with Crippen molar-refractivity contribution < 1.29 is 5.11 Å². The van der Waals surface area contributed by atoms with Gasteiger partial charge in [-0.1, -0.05) is 44.2 Å². The maximum atomic E-state index is 11.0. The van der Waals surface area contributed by atoms with Gasteiger partial charge in [0.2, 0.25) is 0 Å². The van der Waals surface area contributed by atoms with Crippen LogP contribution in [-0.4, -0.2) is 11.2 Å². The summed E-state index contributed by atoms with van der Waals surface area (Å²) in [6, 6.07) is 10.7. The zero-order valence-corrected chi connectivity index (χ0v) is 12.2. The molecule has 19 heavy (non-hydrogen) atoms. The predicted octanol–water partition coefficient (Wildman–Crippen LogP) is 4.15. The second kappa shape index (κ2) is 4.94. The number of aliphatic hydroxyl groups is 1. The van der Waals surface area contributed by atoms with E-state index in [-0.39, 0.29) is 11.5 Å². The van der Waals surface area contributed by atoms with Gasteiger partial charge in [0.15, 0.2) is 0 Å². The van der Waals surface area contributed by atoms with Crippen LogP contribution in [0.1, 0.15) is 51.5 Å². The van der Waals surface area contributed by atoms with Gasteiger partial charge in [-0.05, 0) is 55.4 Å². The van der Waals surface area contributed by atoms with E-state index in [4.69, 9.17) is 0 Å². The van der Waals surface area contributed by atoms with E-state index >= 15 is 0 Å². The molecule has 3 atom stereocenters. The Morgan fingerprint density at radius 2 is 1.58 bits per heavy atom. The van der Waals surface area contributed by atoms with Gasteiger partial charge in [-0.2, -0.15) is 0 Å². The van der Waals surface area contributed by atoms with Crippen LogP contribution in [0.15, 0.2) is 30.3 Å². The third-order valence-corrected chi connectivity index (χ3v) is 5.37. The lowest BCUT2D eigenvalue weighted by Gasteiger charge is -2.38. The van der Waals surface area contributed by atoms with Crippen molar-refractivity contribution in [3.63, 3.8) is 0 Å². The summed E-state index contributed by atoms with van der Waals surface area (Å²) in [6.45, 7) is 4.69. The minimum absolute atomic E-state index is 0.0860. The Kier molecular flexibility index (Phi) is 3.42. The molecule has 2 fully saturated rings. The SMILES string of the molecule is CC1CC(C)CC(C(O)C2(c3ccccc3)CC2)C1. The molecule has 1 aromatic rings. The van der Waals surface area contributed by atoms with E-state index < -0.39 is 0 Å². The van der Waals surface area contributed by atoms with Crippen LogP contribution in [0.5, 0.6) is 0 Å². The van der Waals surface area contributed by atoms with Crippen molar-refractivity contribution >= 4 is 0 Å². The van der Waals surface area contributed by atoms with E-state index in [9.17, 15) is 5.11 Å². The Bertz CT molecular complexity index is 411. The van der Waals surface area contributed by atoms with Crippen LogP contribution in [0, 0.1) is 17.8 Å². The van der Waals surface area contributed by atoms with Crippen molar-refractivity contribution in [2.24, 2.45) is 17.8 Å². The molecule has 0 spiro atoms. The largest absolute Gasteiger partial charge is 0.392 e. The monoisotopic (exact) mass is 258 g/mol. The first kappa shape index (κ1) is 13.2. The van der Waals surface area contributed by atoms with E-state index in [0.29, 0.717) is 5.92 Å². The summed E-state index contributed by atoms with van der Waals surface area (Å²) in [6.07, 6.45) is 5.94. The summed E-state index contributed by atoms with van der Waals surface area (Å²) in [4.78, 5) is 0. The molecule has 0 bridgehead atoms. The van der Waals surface area contributed by atoms with Crippen LogP contribution in [0.25, 0.3) is 0 Å². The first-order valence-electron chi connectivity index (χ1n) is 7.85. The van der Waals surface area contributed by atoms with Gasteiger partial charge in [-0.3, -0.25) is 0 Å². The lowest BCUT2D eigenvalue weighted by Crippen LogP contribution is -2.37. The van der Waals surface area contributed by atoms with Gasteiger partial charge in [-0.25, -0.2) is 0 Å². The molecule has 0 aliphatic heterocycles. The van der Waals surface area contributed by atoms with Crippen molar-refractivity contribution in [3.8, 4) is 0 Å². The topological polar surface area (TPSA) is 20.2 Å². The summed E-state index contributed by atoms with van der Waals surface area (Å²) in [5, 5.41) is 11.0. The van der Waals surface area contributed by atoms with Crippen molar-refractivity contribution in [1.29, 1.82) is 0 Å². The summed E-state index contributed by atoms with van der Waals surface area (Å²) in [5.74, 6) is 2.05. The number of rotatable bonds is 3. The normalized spacial score (nSPS) is 34.8. The van der Waals surface area contributed by atoms with E-state index in [1.807, 2.05) is 0 Å². The molecule has 1 aromatic carbocycles. The fourth-order valence-electron chi connectivity index (χ4n) is 4.38. The fraction of sp³-hybridized carbons (Fsp3) is 0.667. The molecular weight excluding hydrogens is 232 g/mol. The number of hydrogen-bond donors (Lipinski definition) is 1. The van der Waals surface area contributed by atoms with Gasteiger partial charge in [0.25, 0.3) is 0 Å². The smallest absolute Gasteiger partial charge is 0.0665 e. The lowest BCUT2D eigenvalue weighted by molar-refractivity contribution is 0.0276. The molecule has 3 unspecified atom stereocenters. The van der Waals surface area contributed by atoms with Gasteiger partial charge < -0.3 is 5.11 Å². The van der Waals surface area contributed by atoms with Gasteiger partial charge >= 0.3 is 0 Å². The van der Waals surface area contributed by atoms with Crippen LogP contribution < -0.4 is 0 Å². The first-order valence-corrected chi connectivity index (χ1v) is 7.85. The van der Waals surface area contributed by atoms with Crippen molar-refractivity contribution in [1.82, 2.24) is 0 Å². The summed E-state index contributed by atoms with van der Waals surface area (Å²) in [5.41, 5.74) is 1.44. The quantitative estimate of drug-likeness (QED) is 0.863. The fourth-order valence-corrected chi connectivity index (χ4v) is 4.38. The van der Waals surface area contributed by atoms with Crippen molar-refractivity contribution in [3.05, 3.63) is 35.9 Å². The average molecular weight is 258 g/mol. The molecule has 0 amide bonds. The zero-order valence-electron chi connectivity index (χ0n) is 12.2. The van der Waals surface area contributed by atoms with E-state index in [0.717, 1.165) is 24.7 Å². The van der Waals surface area contributed by atoms with Crippen LogP contribution in [0.4, 0.5) is 0 Å². The van der Waals surface area contributed by atoms with Crippen LogP contribution in [0.2, 0.25) is 0 Å². The summed E-state index contributed by atoms with van der Waals surface area (Å²) >= 11 is 0. The third-order valence-electron chi connectivity index (χ3n) is 5.37. The molecule has 2 aliphatic carbocycles. The summed E-state index contributed by atoms with van der Waals surface area (Å²) in [7, 11) is 0. The van der Waals surface area contributed by atoms with Gasteiger partial charge in [0.05, 0.1) is 6.10 Å². The Morgan fingerprint density at radius 1 is 1.00 bits per heavy atom. The molecule has 2 aliphatic rings. The van der Waals surface area contributed by atoms with Crippen molar-refractivity contribution in [2.75, 3.05) is 0 Å². The maximum Gasteiger partial charge on any atom is 0.0665 e. The Labute approximate surface area is 117 Å². The molecule has 3 rings (SSSR count). The number of hydrogen-bond acceptors (Lipinski definition) is 1. The van der Waals surface area contributed by atoms with Crippen LogP contribution in [-0.2, 0) is 5.41 Å². The molecule has 1 nitrogen and oxygen atoms in total. The molecule has 104 valence electrons. The second-order valence-electron chi connectivity index (χ2n) is 7.14. The zero-order chi connectivity index (χ0) is 13.5. The van der Waals surface area contributed by atoms with Crippen molar-refractivity contribution in [2.45, 2.75) is 57.5 Å². The van der Waals surface area contributed by atoms with E-state index in [1.165, 1.54) is 24.8 Å². The third kappa shape index (κ3) is 2.45. The molecule has 0 saturated heterocycles. The maximum absolute atomic E-state index is 11.0. The van der Waals surface area contributed by atoms with Gasteiger partial charge in [-0.15, -0.1) is 0 Å². The van der Waals surface area contributed by atoms with Crippen LogP contribution in [0.3, 0.4) is 0 Å². The molecule has 2 saturated carbocycles. The highest BCUT2D eigenvalue weighted by Gasteiger charge is 2.53. The highest BCUT2D eigenvalue weighted by molar-refractivity contribution is 5.33. The minimum Gasteiger partial charge on any atom is -0.392 e.